The van der Waals surface area contributed by atoms with Gasteiger partial charge in [-0.25, -0.2) is 4.79 Å². The summed E-state index contributed by atoms with van der Waals surface area (Å²) < 4.78 is 5.41. The Labute approximate surface area is 103 Å². The lowest BCUT2D eigenvalue weighted by molar-refractivity contribution is 0.0283. The van der Waals surface area contributed by atoms with Gasteiger partial charge in [0.25, 0.3) is 0 Å². The molecule has 1 saturated heterocycles. The van der Waals surface area contributed by atoms with Crippen LogP contribution in [-0.4, -0.2) is 35.7 Å². The molecule has 1 amide bonds. The molecule has 2 N–H and O–H groups in total. The Kier molecular flexibility index (Phi) is 3.34. The van der Waals surface area contributed by atoms with Crippen molar-refractivity contribution in [2.75, 3.05) is 13.1 Å². The van der Waals surface area contributed by atoms with E-state index < -0.39 is 5.60 Å². The van der Waals surface area contributed by atoms with E-state index in [2.05, 4.69) is 0 Å². The first kappa shape index (κ1) is 12.7. The second-order valence-electron chi connectivity index (χ2n) is 6.40. The molecule has 1 aliphatic carbocycles. The standard InChI is InChI=1S/C13H24N2O2/c1-13(2,3)17-12(16)15-7-9-5-4-6-11(14)10(9)8-15/h9-11H,4-8,14H2,1-3H3/t9-,10-,11+/m0/s1. The van der Waals surface area contributed by atoms with Gasteiger partial charge in [0.05, 0.1) is 0 Å². The van der Waals surface area contributed by atoms with Gasteiger partial charge in [0.15, 0.2) is 0 Å². The van der Waals surface area contributed by atoms with Gasteiger partial charge in [-0.1, -0.05) is 6.42 Å². The highest BCUT2D eigenvalue weighted by Gasteiger charge is 2.41. The summed E-state index contributed by atoms with van der Waals surface area (Å²) in [5, 5.41) is 0. The van der Waals surface area contributed by atoms with Crippen LogP contribution < -0.4 is 5.73 Å². The van der Waals surface area contributed by atoms with E-state index in [9.17, 15) is 4.79 Å². The summed E-state index contributed by atoms with van der Waals surface area (Å²) in [5.41, 5.74) is 5.72. The Morgan fingerprint density at radius 3 is 2.59 bits per heavy atom. The van der Waals surface area contributed by atoms with E-state index in [1.807, 2.05) is 25.7 Å². The minimum Gasteiger partial charge on any atom is -0.444 e. The molecule has 98 valence electrons. The average molecular weight is 240 g/mol. The summed E-state index contributed by atoms with van der Waals surface area (Å²) in [4.78, 5) is 13.8. The summed E-state index contributed by atoms with van der Waals surface area (Å²) >= 11 is 0. The number of ether oxygens (including phenoxy) is 1. The molecule has 2 fully saturated rings. The van der Waals surface area contributed by atoms with Crippen molar-refractivity contribution in [2.24, 2.45) is 17.6 Å². The van der Waals surface area contributed by atoms with Gasteiger partial charge >= 0.3 is 6.09 Å². The molecule has 2 rings (SSSR count). The molecule has 1 saturated carbocycles. The summed E-state index contributed by atoms with van der Waals surface area (Å²) in [5.74, 6) is 1.07. The van der Waals surface area contributed by atoms with Gasteiger partial charge in [-0.15, -0.1) is 0 Å². The van der Waals surface area contributed by atoms with Gasteiger partial charge in [-0.2, -0.15) is 0 Å². The molecule has 0 aromatic rings. The molecule has 4 nitrogen and oxygen atoms in total. The maximum Gasteiger partial charge on any atom is 0.410 e. The Hall–Kier alpha value is -0.770. The van der Waals surface area contributed by atoms with Crippen LogP contribution in [0.15, 0.2) is 0 Å². The first-order chi connectivity index (χ1) is 7.87. The average Bonchev–Trinajstić information content (AvgIpc) is 2.60. The summed E-state index contributed by atoms with van der Waals surface area (Å²) in [6.07, 6.45) is 3.32. The number of rotatable bonds is 0. The maximum atomic E-state index is 12.0. The lowest BCUT2D eigenvalue weighted by Gasteiger charge is -2.29. The quantitative estimate of drug-likeness (QED) is 0.704. The third-order valence-corrected chi connectivity index (χ3v) is 3.81. The minimum absolute atomic E-state index is 0.181. The highest BCUT2D eigenvalue weighted by atomic mass is 16.6. The van der Waals surface area contributed by atoms with E-state index in [1.54, 1.807) is 0 Å². The number of nitrogens with two attached hydrogens (primary N) is 1. The fraction of sp³-hybridized carbons (Fsp3) is 0.923. The topological polar surface area (TPSA) is 55.6 Å². The zero-order valence-corrected chi connectivity index (χ0v) is 11.1. The number of amides is 1. The summed E-state index contributed by atoms with van der Waals surface area (Å²) in [7, 11) is 0. The van der Waals surface area contributed by atoms with Crippen LogP contribution in [0.4, 0.5) is 4.79 Å². The van der Waals surface area contributed by atoms with Crippen molar-refractivity contribution in [3.8, 4) is 0 Å². The first-order valence-corrected chi connectivity index (χ1v) is 6.60. The number of nitrogens with zero attached hydrogens (tertiary/aromatic N) is 1. The first-order valence-electron chi connectivity index (χ1n) is 6.60. The zero-order valence-electron chi connectivity index (χ0n) is 11.1. The highest BCUT2D eigenvalue weighted by molar-refractivity contribution is 5.68. The fourth-order valence-electron chi connectivity index (χ4n) is 2.99. The Balaban J connectivity index is 1.95. The molecule has 0 radical (unpaired) electrons. The molecule has 17 heavy (non-hydrogen) atoms. The van der Waals surface area contributed by atoms with Gasteiger partial charge in [-0.3, -0.25) is 0 Å². The van der Waals surface area contributed by atoms with Crippen molar-refractivity contribution in [3.63, 3.8) is 0 Å². The number of hydrogen-bond donors (Lipinski definition) is 1. The van der Waals surface area contributed by atoms with Crippen molar-refractivity contribution in [1.82, 2.24) is 4.90 Å². The van der Waals surface area contributed by atoms with Gasteiger partial charge in [-0.05, 0) is 45.4 Å². The molecular weight excluding hydrogens is 216 g/mol. The van der Waals surface area contributed by atoms with Gasteiger partial charge in [0.2, 0.25) is 0 Å². The molecule has 0 spiro atoms. The summed E-state index contributed by atoms with van der Waals surface area (Å²) in [6, 6.07) is 0.265. The summed E-state index contributed by atoms with van der Waals surface area (Å²) in [6.45, 7) is 7.31. The Morgan fingerprint density at radius 2 is 2.00 bits per heavy atom. The molecule has 0 bridgehead atoms. The lowest BCUT2D eigenvalue weighted by Crippen LogP contribution is -2.39. The molecule has 2 aliphatic rings. The van der Waals surface area contributed by atoms with E-state index in [-0.39, 0.29) is 12.1 Å². The molecule has 0 unspecified atom stereocenters. The van der Waals surface area contributed by atoms with Crippen molar-refractivity contribution in [3.05, 3.63) is 0 Å². The highest BCUT2D eigenvalue weighted by Crippen LogP contribution is 2.35. The second-order valence-corrected chi connectivity index (χ2v) is 6.40. The van der Waals surface area contributed by atoms with Crippen LogP contribution in [0.1, 0.15) is 40.0 Å². The molecule has 0 aromatic carbocycles. The SMILES string of the molecule is CC(C)(C)OC(=O)N1C[C@@H]2CCC[C@@H](N)[C@H]2C1. The van der Waals surface area contributed by atoms with Crippen LogP contribution in [0, 0.1) is 11.8 Å². The second kappa shape index (κ2) is 4.48. The molecule has 1 heterocycles. The lowest BCUT2D eigenvalue weighted by atomic mass is 9.78. The van der Waals surface area contributed by atoms with Crippen molar-refractivity contribution >= 4 is 6.09 Å². The predicted octanol–water partition coefficient (Wildman–Crippen LogP) is 1.98. The van der Waals surface area contributed by atoms with E-state index in [1.165, 1.54) is 12.8 Å². The van der Waals surface area contributed by atoms with Gasteiger partial charge < -0.3 is 15.4 Å². The van der Waals surface area contributed by atoms with E-state index in [0.29, 0.717) is 11.8 Å². The van der Waals surface area contributed by atoms with Crippen LogP contribution in [0.25, 0.3) is 0 Å². The normalized spacial score (nSPS) is 33.4. The number of hydrogen-bond acceptors (Lipinski definition) is 3. The number of likely N-dealkylation sites (tertiary alicyclic amines) is 1. The number of carbonyl (C=O) groups is 1. The number of fused-ring (bicyclic) bond motifs is 1. The maximum absolute atomic E-state index is 12.0. The van der Waals surface area contributed by atoms with E-state index in [4.69, 9.17) is 10.5 Å². The molecule has 4 heteroatoms. The van der Waals surface area contributed by atoms with Crippen LogP contribution >= 0.6 is 0 Å². The van der Waals surface area contributed by atoms with E-state index in [0.717, 1.165) is 19.5 Å². The third-order valence-electron chi connectivity index (χ3n) is 3.81. The Morgan fingerprint density at radius 1 is 1.29 bits per heavy atom. The van der Waals surface area contributed by atoms with Crippen LogP contribution in [-0.2, 0) is 4.74 Å². The predicted molar refractivity (Wildman–Crippen MR) is 66.6 cm³/mol. The van der Waals surface area contributed by atoms with Crippen LogP contribution in [0.5, 0.6) is 0 Å². The molecular formula is C13H24N2O2. The molecule has 1 aliphatic heterocycles. The van der Waals surface area contributed by atoms with E-state index >= 15 is 0 Å². The van der Waals surface area contributed by atoms with Crippen molar-refractivity contribution in [1.29, 1.82) is 0 Å². The monoisotopic (exact) mass is 240 g/mol. The largest absolute Gasteiger partial charge is 0.444 e. The van der Waals surface area contributed by atoms with Gasteiger partial charge in [0, 0.05) is 19.1 Å². The number of carbonyl (C=O) groups excluding carboxylic acids is 1. The smallest absolute Gasteiger partial charge is 0.410 e. The van der Waals surface area contributed by atoms with Gasteiger partial charge in [0.1, 0.15) is 5.60 Å². The minimum atomic E-state index is -0.410. The van der Waals surface area contributed by atoms with Crippen LogP contribution in [0.3, 0.4) is 0 Å². The fourth-order valence-corrected chi connectivity index (χ4v) is 2.99. The third kappa shape index (κ3) is 2.92. The Bertz CT molecular complexity index is 298. The molecule has 3 atom stereocenters. The molecule has 0 aromatic heterocycles. The van der Waals surface area contributed by atoms with Crippen LogP contribution in [0.2, 0.25) is 0 Å². The van der Waals surface area contributed by atoms with Crippen molar-refractivity contribution < 1.29 is 9.53 Å². The van der Waals surface area contributed by atoms with Crippen molar-refractivity contribution in [2.45, 2.75) is 51.7 Å². The zero-order chi connectivity index (χ0) is 12.6.